The average Bonchev–Trinajstić information content (AvgIpc) is 2.79. The first-order chi connectivity index (χ1) is 16.3. The normalized spacial score (nSPS) is 11.9. The molecule has 0 N–H and O–H groups in total. The van der Waals surface area contributed by atoms with Crippen LogP contribution >= 0.6 is 0 Å². The van der Waals surface area contributed by atoms with Crippen LogP contribution in [0.5, 0.6) is 0 Å². The zero-order chi connectivity index (χ0) is 25.7. The van der Waals surface area contributed by atoms with Gasteiger partial charge in [0.05, 0.1) is 18.6 Å². The molecule has 0 aromatic heterocycles. The Kier molecular flexibility index (Phi) is 20.6. The van der Waals surface area contributed by atoms with Gasteiger partial charge >= 0.3 is 11.9 Å². The van der Waals surface area contributed by atoms with Gasteiger partial charge < -0.3 is 9.47 Å². The van der Waals surface area contributed by atoms with Crippen LogP contribution in [0.4, 0.5) is 0 Å². The minimum Gasteiger partial charge on any atom is -0.466 e. The monoisotopic (exact) mass is 482 g/mol. The molecule has 34 heavy (non-hydrogen) atoms. The number of hydrogen-bond acceptors (Lipinski definition) is 4. The van der Waals surface area contributed by atoms with Crippen LogP contribution in [0, 0.1) is 17.3 Å². The molecule has 202 valence electrons. The van der Waals surface area contributed by atoms with Crippen LogP contribution in [0.2, 0.25) is 0 Å². The Morgan fingerprint density at radius 1 is 0.588 bits per heavy atom. The summed E-state index contributed by atoms with van der Waals surface area (Å²) in [4.78, 5) is 24.7. The Balaban J connectivity index is 3.98. The van der Waals surface area contributed by atoms with Crippen molar-refractivity contribution in [3.63, 3.8) is 0 Å². The third-order valence-electron chi connectivity index (χ3n) is 7.40. The summed E-state index contributed by atoms with van der Waals surface area (Å²) in [6.45, 7) is 14.2. The molecular formula is C30H58O4. The van der Waals surface area contributed by atoms with E-state index in [1.165, 1.54) is 38.5 Å². The molecule has 0 bridgehead atoms. The molecule has 0 radical (unpaired) electrons. The third kappa shape index (κ3) is 14.4. The second-order valence-corrected chi connectivity index (χ2v) is 10.8. The summed E-state index contributed by atoms with van der Waals surface area (Å²) in [7, 11) is 0. The summed E-state index contributed by atoms with van der Waals surface area (Å²) in [6, 6.07) is 0. The van der Waals surface area contributed by atoms with Gasteiger partial charge in [-0.2, -0.15) is 0 Å². The summed E-state index contributed by atoms with van der Waals surface area (Å²) in [5.41, 5.74) is -0.358. The third-order valence-corrected chi connectivity index (χ3v) is 7.40. The fourth-order valence-electron chi connectivity index (χ4n) is 5.00. The lowest BCUT2D eigenvalue weighted by molar-refractivity contribution is -0.164. The maximum Gasteiger partial charge on any atom is 0.312 e. The van der Waals surface area contributed by atoms with Crippen molar-refractivity contribution >= 4 is 11.9 Å². The Labute approximate surface area is 212 Å². The van der Waals surface area contributed by atoms with Gasteiger partial charge in [-0.05, 0) is 37.5 Å². The second-order valence-electron chi connectivity index (χ2n) is 10.8. The molecule has 0 spiro atoms. The van der Waals surface area contributed by atoms with Gasteiger partial charge in [0.1, 0.15) is 0 Å². The maximum atomic E-state index is 13.1. The Morgan fingerprint density at radius 2 is 1.03 bits per heavy atom. The molecular weight excluding hydrogens is 424 g/mol. The molecule has 0 rings (SSSR count). The quantitative estimate of drug-likeness (QED) is 0.108. The molecule has 0 fully saturated rings. The zero-order valence-corrected chi connectivity index (χ0v) is 23.7. The van der Waals surface area contributed by atoms with Crippen molar-refractivity contribution in [1.29, 1.82) is 0 Å². The molecule has 0 saturated carbocycles. The van der Waals surface area contributed by atoms with Crippen molar-refractivity contribution in [2.75, 3.05) is 13.2 Å². The van der Waals surface area contributed by atoms with Crippen LogP contribution in [-0.4, -0.2) is 25.2 Å². The molecule has 0 aliphatic rings. The summed E-state index contributed by atoms with van der Waals surface area (Å²) in [5, 5.41) is 0. The highest BCUT2D eigenvalue weighted by Gasteiger charge is 2.45. The number of hydrogen-bond donors (Lipinski definition) is 0. The minimum atomic E-state index is -0.358. The zero-order valence-electron chi connectivity index (χ0n) is 23.7. The molecule has 0 amide bonds. The topological polar surface area (TPSA) is 52.6 Å². The van der Waals surface area contributed by atoms with E-state index in [2.05, 4.69) is 41.5 Å². The van der Waals surface area contributed by atoms with Crippen molar-refractivity contribution in [3.8, 4) is 0 Å². The summed E-state index contributed by atoms with van der Waals surface area (Å²) in [6.07, 6.45) is 18.6. The van der Waals surface area contributed by atoms with Gasteiger partial charge in [0, 0.05) is 6.42 Å². The average molecular weight is 483 g/mol. The molecule has 0 heterocycles. The van der Waals surface area contributed by atoms with E-state index < -0.39 is 0 Å². The maximum absolute atomic E-state index is 13.1. The Morgan fingerprint density at radius 3 is 1.50 bits per heavy atom. The van der Waals surface area contributed by atoms with E-state index in [1.54, 1.807) is 0 Å². The summed E-state index contributed by atoms with van der Waals surface area (Å²) >= 11 is 0. The van der Waals surface area contributed by atoms with Crippen LogP contribution in [0.25, 0.3) is 0 Å². The van der Waals surface area contributed by atoms with Gasteiger partial charge in [-0.3, -0.25) is 9.59 Å². The summed E-state index contributed by atoms with van der Waals surface area (Å²) < 4.78 is 11.0. The lowest BCUT2D eigenvalue weighted by Gasteiger charge is -2.39. The molecule has 0 atom stereocenters. The SMILES string of the molecule is CCCCCOC(=O)CCCCCCCCCCCC(C(=O)OCCCCC)(C(C)C)C(C)C. The molecule has 4 heteroatoms. The van der Waals surface area contributed by atoms with E-state index in [0.717, 1.165) is 64.2 Å². The number of carbonyl (C=O) groups excluding carboxylic acids is 2. The molecule has 0 aromatic rings. The standard InChI is InChI=1S/C30H58O4/c1-7-9-20-24-33-28(31)22-18-16-14-12-11-13-15-17-19-23-30(26(3)4,27(5)6)29(32)34-25-21-10-8-2/h26-27H,7-25H2,1-6H3. The van der Waals surface area contributed by atoms with Gasteiger partial charge in [-0.1, -0.05) is 119 Å². The largest absolute Gasteiger partial charge is 0.466 e. The van der Waals surface area contributed by atoms with Crippen LogP contribution in [0.1, 0.15) is 151 Å². The lowest BCUT2D eigenvalue weighted by atomic mass is 9.66. The molecule has 0 unspecified atom stereocenters. The van der Waals surface area contributed by atoms with Gasteiger partial charge in [0.15, 0.2) is 0 Å². The van der Waals surface area contributed by atoms with Crippen LogP contribution in [0.15, 0.2) is 0 Å². The first-order valence-electron chi connectivity index (χ1n) is 14.7. The van der Waals surface area contributed by atoms with Crippen molar-refractivity contribution in [2.24, 2.45) is 17.3 Å². The number of carbonyl (C=O) groups is 2. The van der Waals surface area contributed by atoms with Crippen molar-refractivity contribution in [1.82, 2.24) is 0 Å². The molecule has 0 aliphatic heterocycles. The van der Waals surface area contributed by atoms with E-state index in [9.17, 15) is 9.59 Å². The lowest BCUT2D eigenvalue weighted by Crippen LogP contribution is -2.42. The predicted molar refractivity (Wildman–Crippen MR) is 144 cm³/mol. The fourth-order valence-corrected chi connectivity index (χ4v) is 5.00. The van der Waals surface area contributed by atoms with Gasteiger partial charge in [-0.15, -0.1) is 0 Å². The van der Waals surface area contributed by atoms with Crippen LogP contribution < -0.4 is 0 Å². The highest BCUT2D eigenvalue weighted by Crippen LogP contribution is 2.42. The van der Waals surface area contributed by atoms with Crippen molar-refractivity contribution < 1.29 is 19.1 Å². The molecule has 0 saturated heterocycles. The fraction of sp³-hybridized carbons (Fsp3) is 0.933. The van der Waals surface area contributed by atoms with E-state index >= 15 is 0 Å². The van der Waals surface area contributed by atoms with Gasteiger partial charge in [0.2, 0.25) is 0 Å². The molecule has 0 aliphatic carbocycles. The highest BCUT2D eigenvalue weighted by atomic mass is 16.5. The van der Waals surface area contributed by atoms with Gasteiger partial charge in [-0.25, -0.2) is 0 Å². The van der Waals surface area contributed by atoms with E-state index in [1.807, 2.05) is 0 Å². The van der Waals surface area contributed by atoms with E-state index in [0.29, 0.717) is 31.5 Å². The summed E-state index contributed by atoms with van der Waals surface area (Å²) in [5.74, 6) is 0.581. The first kappa shape index (κ1) is 32.9. The molecule has 4 nitrogen and oxygen atoms in total. The molecule has 0 aromatic carbocycles. The minimum absolute atomic E-state index is 0.0263. The van der Waals surface area contributed by atoms with Crippen molar-refractivity contribution in [3.05, 3.63) is 0 Å². The van der Waals surface area contributed by atoms with Gasteiger partial charge in [0.25, 0.3) is 0 Å². The smallest absolute Gasteiger partial charge is 0.312 e. The second kappa shape index (κ2) is 21.2. The number of ether oxygens (including phenoxy) is 2. The highest BCUT2D eigenvalue weighted by molar-refractivity contribution is 5.77. The van der Waals surface area contributed by atoms with E-state index in [4.69, 9.17) is 9.47 Å². The Hall–Kier alpha value is -1.06. The van der Waals surface area contributed by atoms with E-state index in [-0.39, 0.29) is 17.4 Å². The van der Waals surface area contributed by atoms with Crippen LogP contribution in [0.3, 0.4) is 0 Å². The van der Waals surface area contributed by atoms with Crippen molar-refractivity contribution in [2.45, 2.75) is 151 Å². The number of esters is 2. The first-order valence-corrected chi connectivity index (χ1v) is 14.7. The number of unbranched alkanes of at least 4 members (excludes halogenated alkanes) is 12. The predicted octanol–water partition coefficient (Wildman–Crippen LogP) is 9.04. The van der Waals surface area contributed by atoms with Crippen LogP contribution in [-0.2, 0) is 19.1 Å². The number of rotatable bonds is 23. The Bertz CT molecular complexity index is 490.